The molecule has 0 aliphatic heterocycles. The first-order valence-electron chi connectivity index (χ1n) is 5.16. The highest BCUT2D eigenvalue weighted by molar-refractivity contribution is 9.18. The summed E-state index contributed by atoms with van der Waals surface area (Å²) in [6.07, 6.45) is 0. The van der Waals surface area contributed by atoms with Crippen LogP contribution in [-0.4, -0.2) is 4.62 Å². The van der Waals surface area contributed by atoms with Crippen LogP contribution in [0.5, 0.6) is 0 Å². The molecule has 0 heterocycles. The third-order valence-corrected chi connectivity index (χ3v) is 3.90. The van der Waals surface area contributed by atoms with Gasteiger partial charge in [0.2, 0.25) is 0 Å². The normalized spacial score (nSPS) is 11.4. The molecule has 0 spiro atoms. The molecule has 0 atom stereocenters. The number of halogens is 3. The Kier molecular flexibility index (Phi) is 4.97. The van der Waals surface area contributed by atoms with Gasteiger partial charge in [-0.25, -0.2) is 0 Å². The second-order valence-corrected chi connectivity index (χ2v) is 6.11. The number of benzene rings is 2. The lowest BCUT2D eigenvalue weighted by Crippen LogP contribution is -1.96. The minimum Gasteiger partial charge on any atom is -0.277 e. The minimum atomic E-state index is 0.762. The largest absolute Gasteiger partial charge is 0.277 e. The van der Waals surface area contributed by atoms with Crippen LogP contribution in [0.15, 0.2) is 62.6 Å². The zero-order valence-electron chi connectivity index (χ0n) is 9.20. The molecule has 0 aliphatic rings. The SMILES string of the molecule is Br/C(=N\Nc1ccc(Br)cc1)c1ccc(Br)cc1. The monoisotopic (exact) mass is 430 g/mol. The summed E-state index contributed by atoms with van der Waals surface area (Å²) in [4.78, 5) is 0. The van der Waals surface area contributed by atoms with Gasteiger partial charge in [-0.15, -0.1) is 0 Å². The van der Waals surface area contributed by atoms with Gasteiger partial charge in [-0.1, -0.05) is 44.0 Å². The molecular formula is C13H9Br3N2. The van der Waals surface area contributed by atoms with Gasteiger partial charge in [-0.3, -0.25) is 5.43 Å². The first-order chi connectivity index (χ1) is 8.65. The molecule has 5 heteroatoms. The molecule has 0 amide bonds. The highest BCUT2D eigenvalue weighted by atomic mass is 79.9. The summed E-state index contributed by atoms with van der Waals surface area (Å²) in [5.41, 5.74) is 4.95. The maximum atomic E-state index is 4.28. The van der Waals surface area contributed by atoms with Gasteiger partial charge in [0.25, 0.3) is 0 Å². The van der Waals surface area contributed by atoms with Crippen molar-refractivity contribution in [2.75, 3.05) is 5.43 Å². The minimum absolute atomic E-state index is 0.762. The number of hydrazone groups is 1. The van der Waals surface area contributed by atoms with Crippen molar-refractivity contribution in [2.45, 2.75) is 0 Å². The third-order valence-electron chi connectivity index (χ3n) is 2.21. The maximum Gasteiger partial charge on any atom is 0.133 e. The van der Waals surface area contributed by atoms with Crippen LogP contribution in [0.25, 0.3) is 0 Å². The summed E-state index contributed by atoms with van der Waals surface area (Å²) in [6, 6.07) is 15.8. The van der Waals surface area contributed by atoms with Crippen LogP contribution >= 0.6 is 47.8 Å². The van der Waals surface area contributed by atoms with Gasteiger partial charge in [0.05, 0.1) is 5.69 Å². The molecule has 2 aromatic rings. The van der Waals surface area contributed by atoms with Crippen LogP contribution in [0.2, 0.25) is 0 Å². The Labute approximate surface area is 131 Å². The molecule has 0 radical (unpaired) electrons. The molecular weight excluding hydrogens is 424 g/mol. The Morgan fingerprint density at radius 2 is 1.33 bits per heavy atom. The lowest BCUT2D eigenvalue weighted by atomic mass is 10.2. The molecule has 92 valence electrons. The average molecular weight is 433 g/mol. The van der Waals surface area contributed by atoms with Crippen molar-refractivity contribution < 1.29 is 0 Å². The molecule has 0 saturated heterocycles. The van der Waals surface area contributed by atoms with Crippen molar-refractivity contribution in [1.82, 2.24) is 0 Å². The van der Waals surface area contributed by atoms with Crippen LogP contribution in [0.4, 0.5) is 5.69 Å². The fraction of sp³-hybridized carbons (Fsp3) is 0. The second-order valence-electron chi connectivity index (χ2n) is 3.53. The average Bonchev–Trinajstić information content (AvgIpc) is 2.38. The molecule has 2 rings (SSSR count). The van der Waals surface area contributed by atoms with Gasteiger partial charge in [0, 0.05) is 14.5 Å². The van der Waals surface area contributed by atoms with Gasteiger partial charge < -0.3 is 0 Å². The number of hydrogen-bond acceptors (Lipinski definition) is 2. The van der Waals surface area contributed by atoms with Crippen molar-refractivity contribution in [3.63, 3.8) is 0 Å². The smallest absolute Gasteiger partial charge is 0.133 e. The fourth-order valence-electron chi connectivity index (χ4n) is 1.29. The van der Waals surface area contributed by atoms with Crippen molar-refractivity contribution in [2.24, 2.45) is 5.10 Å². The Morgan fingerprint density at radius 1 is 0.833 bits per heavy atom. The maximum absolute atomic E-state index is 4.28. The molecule has 0 fully saturated rings. The van der Waals surface area contributed by atoms with E-state index in [1.54, 1.807) is 0 Å². The number of nitrogens with zero attached hydrogens (tertiary/aromatic N) is 1. The van der Waals surface area contributed by atoms with Gasteiger partial charge in [-0.2, -0.15) is 5.10 Å². The summed E-state index contributed by atoms with van der Waals surface area (Å²) >= 11 is 10.2. The molecule has 0 aliphatic carbocycles. The van der Waals surface area contributed by atoms with Gasteiger partial charge in [0.1, 0.15) is 4.62 Å². The lowest BCUT2D eigenvalue weighted by Gasteiger charge is -2.02. The molecule has 18 heavy (non-hydrogen) atoms. The highest BCUT2D eigenvalue weighted by Gasteiger charge is 1.99. The van der Waals surface area contributed by atoms with E-state index in [9.17, 15) is 0 Å². The van der Waals surface area contributed by atoms with Crippen LogP contribution in [0, 0.1) is 0 Å². The van der Waals surface area contributed by atoms with E-state index in [4.69, 9.17) is 0 Å². The molecule has 1 N–H and O–H groups in total. The quantitative estimate of drug-likeness (QED) is 0.511. The van der Waals surface area contributed by atoms with E-state index in [1.807, 2.05) is 48.5 Å². The van der Waals surface area contributed by atoms with E-state index in [1.165, 1.54) is 0 Å². The Bertz CT molecular complexity index is 547. The van der Waals surface area contributed by atoms with Crippen molar-refractivity contribution >= 4 is 58.1 Å². The summed E-state index contributed by atoms with van der Waals surface area (Å²) in [5, 5.41) is 4.28. The zero-order chi connectivity index (χ0) is 13.0. The topological polar surface area (TPSA) is 24.4 Å². The predicted molar refractivity (Wildman–Crippen MR) is 87.4 cm³/mol. The molecule has 2 aromatic carbocycles. The van der Waals surface area contributed by atoms with Crippen molar-refractivity contribution in [3.05, 3.63) is 63.0 Å². The number of rotatable bonds is 3. The van der Waals surface area contributed by atoms with Gasteiger partial charge in [0.15, 0.2) is 0 Å². The number of anilines is 1. The summed E-state index contributed by atoms with van der Waals surface area (Å²) in [6.45, 7) is 0. The first kappa shape index (κ1) is 13.8. The Morgan fingerprint density at radius 3 is 1.89 bits per heavy atom. The standard InChI is InChI=1S/C13H9Br3N2/c14-10-3-1-9(2-4-10)13(16)18-17-12-7-5-11(15)6-8-12/h1-8,17H/b18-13-. The summed E-state index contributed by atoms with van der Waals surface area (Å²) in [5.74, 6) is 0. The molecule has 0 aromatic heterocycles. The highest BCUT2D eigenvalue weighted by Crippen LogP contribution is 2.16. The number of hydrogen-bond donors (Lipinski definition) is 1. The van der Waals surface area contributed by atoms with E-state index in [0.717, 1.165) is 24.8 Å². The van der Waals surface area contributed by atoms with Crippen molar-refractivity contribution in [1.29, 1.82) is 0 Å². The van der Waals surface area contributed by atoms with E-state index < -0.39 is 0 Å². The van der Waals surface area contributed by atoms with E-state index in [0.29, 0.717) is 0 Å². The third kappa shape index (κ3) is 3.93. The van der Waals surface area contributed by atoms with Crippen molar-refractivity contribution in [3.8, 4) is 0 Å². The molecule has 0 bridgehead atoms. The Balaban J connectivity index is 2.09. The van der Waals surface area contributed by atoms with Crippen LogP contribution in [-0.2, 0) is 0 Å². The van der Waals surface area contributed by atoms with Crippen LogP contribution in [0.3, 0.4) is 0 Å². The first-order valence-corrected chi connectivity index (χ1v) is 7.54. The van der Waals surface area contributed by atoms with E-state index in [2.05, 4.69) is 58.3 Å². The van der Waals surface area contributed by atoms with Gasteiger partial charge in [-0.05, 0) is 52.3 Å². The fourth-order valence-corrected chi connectivity index (χ4v) is 2.17. The van der Waals surface area contributed by atoms with Crippen LogP contribution in [0.1, 0.15) is 5.56 Å². The lowest BCUT2D eigenvalue weighted by molar-refractivity contribution is 1.34. The predicted octanol–water partition coefficient (Wildman–Crippen LogP) is 5.38. The molecule has 2 nitrogen and oxygen atoms in total. The molecule has 0 unspecified atom stereocenters. The van der Waals surface area contributed by atoms with Crippen LogP contribution < -0.4 is 5.43 Å². The zero-order valence-corrected chi connectivity index (χ0v) is 14.0. The molecule has 0 saturated carbocycles. The summed E-state index contributed by atoms with van der Waals surface area (Å²) < 4.78 is 2.86. The van der Waals surface area contributed by atoms with Gasteiger partial charge >= 0.3 is 0 Å². The second kappa shape index (κ2) is 6.50. The number of nitrogens with one attached hydrogen (secondary N) is 1. The summed E-state index contributed by atoms with van der Waals surface area (Å²) in [7, 11) is 0. The van der Waals surface area contributed by atoms with E-state index >= 15 is 0 Å². The Hall–Kier alpha value is -0.650. The van der Waals surface area contributed by atoms with E-state index in [-0.39, 0.29) is 0 Å².